The molecule has 3 rings (SSSR count). The number of carboxylic acid groups (broad SMARTS) is 1. The first kappa shape index (κ1) is 13.6. The third kappa shape index (κ3) is 2.89. The Balaban J connectivity index is 1.69. The molecule has 1 aliphatic rings. The number of carbonyl (C=O) groups excluding carboxylic acids is 1. The number of hydrogen-bond donors (Lipinski definition) is 1. The fraction of sp³-hybridized carbons (Fsp3) is 0.400. The molecule has 1 aliphatic heterocycles. The number of nitrogens with zero attached hydrogens (tertiary/aromatic N) is 3. The van der Waals surface area contributed by atoms with Gasteiger partial charge < -0.3 is 14.4 Å². The van der Waals surface area contributed by atoms with Gasteiger partial charge in [0.2, 0.25) is 5.91 Å². The van der Waals surface area contributed by atoms with Gasteiger partial charge >= 0.3 is 5.97 Å². The zero-order valence-electron chi connectivity index (χ0n) is 11.6. The Morgan fingerprint density at radius 1 is 1.38 bits per heavy atom. The summed E-state index contributed by atoms with van der Waals surface area (Å²) in [5.41, 5.74) is 1.52. The van der Waals surface area contributed by atoms with E-state index in [1.165, 1.54) is 0 Å². The van der Waals surface area contributed by atoms with Crippen molar-refractivity contribution >= 4 is 17.5 Å². The van der Waals surface area contributed by atoms with Crippen molar-refractivity contribution in [3.63, 3.8) is 0 Å². The Morgan fingerprint density at radius 3 is 3.00 bits per heavy atom. The van der Waals surface area contributed by atoms with Crippen LogP contribution < -0.4 is 0 Å². The summed E-state index contributed by atoms with van der Waals surface area (Å²) in [5.74, 6) is -1.31. The largest absolute Gasteiger partial charge is 0.481 e. The van der Waals surface area contributed by atoms with Crippen LogP contribution in [0.2, 0.25) is 0 Å². The highest BCUT2D eigenvalue weighted by Crippen LogP contribution is 2.17. The molecule has 0 aromatic carbocycles. The second-order valence-electron chi connectivity index (χ2n) is 5.39. The number of imidazole rings is 1. The quantitative estimate of drug-likeness (QED) is 0.920. The van der Waals surface area contributed by atoms with Crippen molar-refractivity contribution in [2.75, 3.05) is 13.1 Å². The van der Waals surface area contributed by atoms with E-state index in [-0.39, 0.29) is 12.3 Å². The summed E-state index contributed by atoms with van der Waals surface area (Å²) in [6.45, 7) is 0.942. The predicted octanol–water partition coefficient (Wildman–Crippen LogP) is 1.20. The highest BCUT2D eigenvalue weighted by Gasteiger charge is 2.28. The van der Waals surface area contributed by atoms with Crippen LogP contribution in [0, 0.1) is 5.92 Å². The third-order valence-electron chi connectivity index (χ3n) is 3.87. The van der Waals surface area contributed by atoms with Crippen molar-refractivity contribution in [2.45, 2.75) is 19.3 Å². The van der Waals surface area contributed by atoms with Crippen LogP contribution in [0.5, 0.6) is 0 Å². The minimum atomic E-state index is -0.819. The van der Waals surface area contributed by atoms with Gasteiger partial charge in [-0.15, -0.1) is 0 Å². The number of piperidine rings is 1. The molecular formula is C15H17N3O3. The van der Waals surface area contributed by atoms with Crippen LogP contribution in [0.15, 0.2) is 30.6 Å². The molecule has 1 atom stereocenters. The Labute approximate surface area is 122 Å². The average Bonchev–Trinajstić information content (AvgIpc) is 2.89. The van der Waals surface area contributed by atoms with Gasteiger partial charge in [0.05, 0.1) is 18.0 Å². The molecule has 6 heteroatoms. The lowest BCUT2D eigenvalue weighted by Crippen LogP contribution is -2.43. The minimum Gasteiger partial charge on any atom is -0.481 e. The van der Waals surface area contributed by atoms with Crippen molar-refractivity contribution in [3.8, 4) is 0 Å². The molecule has 3 heterocycles. The molecule has 0 radical (unpaired) electrons. The maximum atomic E-state index is 12.3. The molecule has 1 unspecified atom stereocenters. The summed E-state index contributed by atoms with van der Waals surface area (Å²) in [6.07, 6.45) is 5.33. The van der Waals surface area contributed by atoms with E-state index in [9.17, 15) is 9.59 Å². The number of amides is 1. The number of likely N-dealkylation sites (tertiary alicyclic amines) is 1. The first-order valence-electron chi connectivity index (χ1n) is 7.06. The number of hydrogen-bond acceptors (Lipinski definition) is 3. The van der Waals surface area contributed by atoms with E-state index in [1.807, 2.05) is 35.0 Å². The Hall–Kier alpha value is -2.37. The molecule has 6 nitrogen and oxygen atoms in total. The molecule has 1 N–H and O–H groups in total. The molecule has 1 saturated heterocycles. The summed E-state index contributed by atoms with van der Waals surface area (Å²) in [7, 11) is 0. The third-order valence-corrected chi connectivity index (χ3v) is 3.87. The SMILES string of the molecule is O=C(O)C1CCCN(C(=O)Cc2cn3ccccc3n2)C1. The topological polar surface area (TPSA) is 74.9 Å². The van der Waals surface area contributed by atoms with Crippen molar-refractivity contribution in [1.82, 2.24) is 14.3 Å². The number of pyridine rings is 1. The fourth-order valence-corrected chi connectivity index (χ4v) is 2.74. The van der Waals surface area contributed by atoms with E-state index in [0.717, 1.165) is 12.1 Å². The van der Waals surface area contributed by atoms with Crippen LogP contribution in [-0.2, 0) is 16.0 Å². The van der Waals surface area contributed by atoms with Gasteiger partial charge in [-0.3, -0.25) is 9.59 Å². The summed E-state index contributed by atoms with van der Waals surface area (Å²) in [5, 5.41) is 9.07. The van der Waals surface area contributed by atoms with Crippen LogP contribution >= 0.6 is 0 Å². The number of aliphatic carboxylic acids is 1. The van der Waals surface area contributed by atoms with Gasteiger partial charge in [0.25, 0.3) is 0 Å². The smallest absolute Gasteiger partial charge is 0.308 e. The van der Waals surface area contributed by atoms with Gasteiger partial charge in [-0.05, 0) is 25.0 Å². The summed E-state index contributed by atoms with van der Waals surface area (Å²) in [4.78, 5) is 29.4. The number of rotatable bonds is 3. The first-order valence-corrected chi connectivity index (χ1v) is 7.06. The molecule has 1 amide bonds. The molecule has 1 fully saturated rings. The number of fused-ring (bicyclic) bond motifs is 1. The molecule has 0 aliphatic carbocycles. The number of carboxylic acids is 1. The summed E-state index contributed by atoms with van der Waals surface area (Å²) < 4.78 is 1.87. The summed E-state index contributed by atoms with van der Waals surface area (Å²) in [6, 6.07) is 5.69. The van der Waals surface area contributed by atoms with Crippen molar-refractivity contribution in [3.05, 3.63) is 36.3 Å². The Kier molecular flexibility index (Phi) is 3.60. The van der Waals surface area contributed by atoms with E-state index >= 15 is 0 Å². The normalized spacial score (nSPS) is 18.9. The molecular weight excluding hydrogens is 270 g/mol. The van der Waals surface area contributed by atoms with E-state index < -0.39 is 11.9 Å². The molecule has 2 aromatic heterocycles. The predicted molar refractivity (Wildman–Crippen MR) is 75.8 cm³/mol. The molecule has 21 heavy (non-hydrogen) atoms. The van der Waals surface area contributed by atoms with Crippen LogP contribution in [-0.4, -0.2) is 44.4 Å². The molecule has 110 valence electrons. The zero-order valence-corrected chi connectivity index (χ0v) is 11.6. The fourth-order valence-electron chi connectivity index (χ4n) is 2.74. The van der Waals surface area contributed by atoms with Crippen LogP contribution in [0.3, 0.4) is 0 Å². The molecule has 0 bridgehead atoms. The van der Waals surface area contributed by atoms with Crippen LogP contribution in [0.4, 0.5) is 0 Å². The standard InChI is InChI=1S/C15H17N3O3/c19-14(18-7-3-4-11(9-18)15(20)21)8-12-10-17-6-2-1-5-13(17)16-12/h1-2,5-6,10-11H,3-4,7-9H2,(H,20,21). The molecule has 0 saturated carbocycles. The zero-order chi connectivity index (χ0) is 14.8. The highest BCUT2D eigenvalue weighted by molar-refractivity contribution is 5.80. The molecule has 0 spiro atoms. The molecule has 2 aromatic rings. The average molecular weight is 287 g/mol. The lowest BCUT2D eigenvalue weighted by atomic mass is 9.98. The van der Waals surface area contributed by atoms with Gasteiger partial charge in [0, 0.05) is 25.5 Å². The van der Waals surface area contributed by atoms with Crippen molar-refractivity contribution in [2.24, 2.45) is 5.92 Å². The van der Waals surface area contributed by atoms with E-state index in [2.05, 4.69) is 4.98 Å². The van der Waals surface area contributed by atoms with E-state index in [4.69, 9.17) is 5.11 Å². The Bertz CT molecular complexity index is 647. The lowest BCUT2D eigenvalue weighted by molar-refractivity contribution is -0.145. The monoisotopic (exact) mass is 287 g/mol. The van der Waals surface area contributed by atoms with Gasteiger partial charge in [-0.25, -0.2) is 4.98 Å². The van der Waals surface area contributed by atoms with E-state index in [1.54, 1.807) is 4.90 Å². The van der Waals surface area contributed by atoms with E-state index in [0.29, 0.717) is 25.2 Å². The van der Waals surface area contributed by atoms with Crippen molar-refractivity contribution in [1.29, 1.82) is 0 Å². The second kappa shape index (κ2) is 5.55. The minimum absolute atomic E-state index is 0.0515. The van der Waals surface area contributed by atoms with Crippen molar-refractivity contribution < 1.29 is 14.7 Å². The van der Waals surface area contributed by atoms with Gasteiger partial charge in [-0.1, -0.05) is 6.07 Å². The second-order valence-corrected chi connectivity index (χ2v) is 5.39. The highest BCUT2D eigenvalue weighted by atomic mass is 16.4. The Morgan fingerprint density at radius 2 is 2.24 bits per heavy atom. The van der Waals surface area contributed by atoms with Gasteiger partial charge in [0.15, 0.2) is 0 Å². The lowest BCUT2D eigenvalue weighted by Gasteiger charge is -2.30. The first-order chi connectivity index (χ1) is 10.1. The maximum absolute atomic E-state index is 12.3. The van der Waals surface area contributed by atoms with Crippen LogP contribution in [0.1, 0.15) is 18.5 Å². The number of aromatic nitrogens is 2. The number of carbonyl (C=O) groups is 2. The van der Waals surface area contributed by atoms with Gasteiger partial charge in [-0.2, -0.15) is 0 Å². The van der Waals surface area contributed by atoms with Gasteiger partial charge in [0.1, 0.15) is 5.65 Å². The summed E-state index contributed by atoms with van der Waals surface area (Å²) >= 11 is 0. The maximum Gasteiger partial charge on any atom is 0.308 e. The van der Waals surface area contributed by atoms with Crippen LogP contribution in [0.25, 0.3) is 5.65 Å².